The fraction of sp³-hybridized carbons (Fsp3) is 0.562. The molecule has 1 aromatic carbocycles. The van der Waals surface area contributed by atoms with E-state index in [0.717, 1.165) is 25.7 Å². The molecule has 126 valence electrons. The number of nitro groups is 1. The SMILES string of the molecule is Cc1c(NC(=O)CCNC2(CO)CCCC2)cccc1[N+](=O)[O-]. The van der Waals surface area contributed by atoms with Crippen LogP contribution in [0.4, 0.5) is 11.4 Å². The summed E-state index contributed by atoms with van der Waals surface area (Å²) < 4.78 is 0. The Balaban J connectivity index is 1.88. The molecule has 1 aliphatic carbocycles. The van der Waals surface area contributed by atoms with Crippen molar-refractivity contribution in [2.24, 2.45) is 0 Å². The predicted molar refractivity (Wildman–Crippen MR) is 87.4 cm³/mol. The molecular formula is C16H23N3O4. The van der Waals surface area contributed by atoms with Gasteiger partial charge in [0.2, 0.25) is 5.91 Å². The topological polar surface area (TPSA) is 104 Å². The molecule has 0 aliphatic heterocycles. The van der Waals surface area contributed by atoms with Crippen molar-refractivity contribution in [3.8, 4) is 0 Å². The average molecular weight is 321 g/mol. The number of carbonyl (C=O) groups is 1. The first kappa shape index (κ1) is 17.4. The maximum Gasteiger partial charge on any atom is 0.274 e. The summed E-state index contributed by atoms with van der Waals surface area (Å²) in [6.45, 7) is 2.17. The second-order valence-electron chi connectivity index (χ2n) is 6.08. The zero-order valence-electron chi connectivity index (χ0n) is 13.3. The van der Waals surface area contributed by atoms with Gasteiger partial charge in [-0.1, -0.05) is 18.9 Å². The van der Waals surface area contributed by atoms with Gasteiger partial charge in [-0.05, 0) is 25.8 Å². The molecule has 1 aromatic rings. The normalized spacial score (nSPS) is 16.3. The third-order valence-electron chi connectivity index (χ3n) is 4.49. The first-order valence-electron chi connectivity index (χ1n) is 7.87. The van der Waals surface area contributed by atoms with Crippen LogP contribution >= 0.6 is 0 Å². The molecule has 0 spiro atoms. The summed E-state index contributed by atoms with van der Waals surface area (Å²) in [6.07, 6.45) is 4.29. The van der Waals surface area contributed by atoms with Crippen LogP contribution in [-0.2, 0) is 4.79 Å². The van der Waals surface area contributed by atoms with Crippen molar-refractivity contribution < 1.29 is 14.8 Å². The van der Waals surface area contributed by atoms with E-state index in [2.05, 4.69) is 10.6 Å². The number of hydrogen-bond donors (Lipinski definition) is 3. The lowest BCUT2D eigenvalue weighted by molar-refractivity contribution is -0.385. The molecule has 0 aromatic heterocycles. The van der Waals surface area contributed by atoms with Crippen molar-refractivity contribution >= 4 is 17.3 Å². The summed E-state index contributed by atoms with van der Waals surface area (Å²) in [7, 11) is 0. The maximum atomic E-state index is 12.0. The lowest BCUT2D eigenvalue weighted by Gasteiger charge is -2.28. The van der Waals surface area contributed by atoms with E-state index in [1.807, 2.05) is 0 Å². The number of anilines is 1. The van der Waals surface area contributed by atoms with Crippen molar-refractivity contribution in [2.45, 2.75) is 44.6 Å². The molecule has 3 N–H and O–H groups in total. The van der Waals surface area contributed by atoms with Crippen LogP contribution in [0.3, 0.4) is 0 Å². The van der Waals surface area contributed by atoms with Crippen LogP contribution in [0.5, 0.6) is 0 Å². The van der Waals surface area contributed by atoms with E-state index in [1.165, 1.54) is 6.07 Å². The van der Waals surface area contributed by atoms with Gasteiger partial charge in [-0.2, -0.15) is 0 Å². The Hall–Kier alpha value is -1.99. The highest BCUT2D eigenvalue weighted by atomic mass is 16.6. The Morgan fingerprint density at radius 2 is 2.09 bits per heavy atom. The van der Waals surface area contributed by atoms with Gasteiger partial charge in [0.05, 0.1) is 22.8 Å². The van der Waals surface area contributed by atoms with Gasteiger partial charge in [-0.15, -0.1) is 0 Å². The van der Waals surface area contributed by atoms with Crippen molar-refractivity contribution in [3.05, 3.63) is 33.9 Å². The third kappa shape index (κ3) is 4.27. The highest BCUT2D eigenvalue weighted by molar-refractivity contribution is 5.92. The lowest BCUT2D eigenvalue weighted by atomic mass is 9.99. The summed E-state index contributed by atoms with van der Waals surface area (Å²) in [4.78, 5) is 22.5. The first-order valence-corrected chi connectivity index (χ1v) is 7.87. The van der Waals surface area contributed by atoms with Gasteiger partial charge in [0.1, 0.15) is 0 Å². The van der Waals surface area contributed by atoms with E-state index in [0.29, 0.717) is 17.8 Å². The van der Waals surface area contributed by atoms with Crippen LogP contribution in [0.25, 0.3) is 0 Å². The summed E-state index contributed by atoms with van der Waals surface area (Å²) in [5.74, 6) is -0.202. The fourth-order valence-corrected chi connectivity index (χ4v) is 3.05. The van der Waals surface area contributed by atoms with Crippen molar-refractivity contribution in [1.82, 2.24) is 5.32 Å². The summed E-state index contributed by atoms with van der Waals surface area (Å²) >= 11 is 0. The molecule has 7 nitrogen and oxygen atoms in total. The Kier molecular flexibility index (Phi) is 5.68. The van der Waals surface area contributed by atoms with E-state index in [1.54, 1.807) is 19.1 Å². The van der Waals surface area contributed by atoms with Crippen LogP contribution in [0.15, 0.2) is 18.2 Å². The number of rotatable bonds is 7. The third-order valence-corrected chi connectivity index (χ3v) is 4.49. The van der Waals surface area contributed by atoms with E-state index in [-0.39, 0.29) is 30.2 Å². The van der Waals surface area contributed by atoms with Gasteiger partial charge in [0.25, 0.3) is 5.69 Å². The lowest BCUT2D eigenvalue weighted by Crippen LogP contribution is -2.47. The number of nitrogens with zero attached hydrogens (tertiary/aromatic N) is 1. The molecule has 0 heterocycles. The Morgan fingerprint density at radius 3 is 2.70 bits per heavy atom. The molecule has 1 saturated carbocycles. The minimum absolute atomic E-state index is 0.00823. The number of carbonyl (C=O) groups excluding carboxylic acids is 1. The van der Waals surface area contributed by atoms with E-state index >= 15 is 0 Å². The van der Waals surface area contributed by atoms with Gasteiger partial charge in [-0.3, -0.25) is 14.9 Å². The van der Waals surface area contributed by atoms with Crippen LogP contribution in [-0.4, -0.2) is 34.6 Å². The molecule has 0 unspecified atom stereocenters. The monoisotopic (exact) mass is 321 g/mol. The van der Waals surface area contributed by atoms with Gasteiger partial charge in [0.15, 0.2) is 0 Å². The van der Waals surface area contributed by atoms with Crippen LogP contribution in [0.1, 0.15) is 37.7 Å². The van der Waals surface area contributed by atoms with Gasteiger partial charge >= 0.3 is 0 Å². The van der Waals surface area contributed by atoms with Crippen molar-refractivity contribution in [2.75, 3.05) is 18.5 Å². The number of nitro benzene ring substituents is 1. The van der Waals surface area contributed by atoms with Crippen molar-refractivity contribution in [3.63, 3.8) is 0 Å². The minimum Gasteiger partial charge on any atom is -0.394 e. The molecule has 2 rings (SSSR count). The Morgan fingerprint density at radius 1 is 1.39 bits per heavy atom. The highest BCUT2D eigenvalue weighted by Crippen LogP contribution is 2.29. The van der Waals surface area contributed by atoms with E-state index < -0.39 is 4.92 Å². The summed E-state index contributed by atoms with van der Waals surface area (Å²) in [5.41, 5.74) is 0.649. The average Bonchev–Trinajstić information content (AvgIpc) is 2.98. The standard InChI is InChI=1S/C16H23N3O4/c1-12-13(5-4-6-14(12)19(22)23)18-15(21)7-10-17-16(11-20)8-2-3-9-16/h4-6,17,20H,2-3,7-11H2,1H3,(H,18,21). The predicted octanol–water partition coefficient (Wildman–Crippen LogP) is 2.13. The number of aliphatic hydroxyl groups excluding tert-OH is 1. The second kappa shape index (κ2) is 7.52. The van der Waals surface area contributed by atoms with Gasteiger partial charge in [0, 0.05) is 24.6 Å². The fourth-order valence-electron chi connectivity index (χ4n) is 3.05. The molecule has 7 heteroatoms. The molecule has 1 fully saturated rings. The highest BCUT2D eigenvalue weighted by Gasteiger charge is 2.32. The Labute approximate surface area is 135 Å². The zero-order valence-corrected chi connectivity index (χ0v) is 13.3. The van der Waals surface area contributed by atoms with Crippen LogP contribution in [0.2, 0.25) is 0 Å². The molecule has 0 radical (unpaired) electrons. The Bertz CT molecular complexity index is 583. The van der Waals surface area contributed by atoms with Gasteiger partial charge in [-0.25, -0.2) is 0 Å². The first-order chi connectivity index (χ1) is 11.0. The van der Waals surface area contributed by atoms with Crippen molar-refractivity contribution in [1.29, 1.82) is 0 Å². The minimum atomic E-state index is -0.461. The number of amides is 1. The molecule has 0 atom stereocenters. The molecule has 23 heavy (non-hydrogen) atoms. The van der Waals surface area contributed by atoms with E-state index in [4.69, 9.17) is 0 Å². The van der Waals surface area contributed by atoms with Gasteiger partial charge < -0.3 is 15.7 Å². The van der Waals surface area contributed by atoms with E-state index in [9.17, 15) is 20.0 Å². The molecule has 0 saturated heterocycles. The van der Waals surface area contributed by atoms with Crippen LogP contribution < -0.4 is 10.6 Å². The zero-order chi connectivity index (χ0) is 16.9. The number of nitrogens with one attached hydrogen (secondary N) is 2. The van der Waals surface area contributed by atoms with Crippen LogP contribution in [0, 0.1) is 17.0 Å². The second-order valence-corrected chi connectivity index (χ2v) is 6.08. The molecule has 0 bridgehead atoms. The molecule has 1 aliphatic rings. The molecule has 1 amide bonds. The summed E-state index contributed by atoms with van der Waals surface area (Å²) in [5, 5.41) is 26.4. The molecular weight excluding hydrogens is 298 g/mol. The largest absolute Gasteiger partial charge is 0.394 e. The quantitative estimate of drug-likeness (QED) is 0.527. The summed E-state index contributed by atoms with van der Waals surface area (Å²) in [6, 6.07) is 4.62. The number of aliphatic hydroxyl groups is 1. The number of hydrogen-bond acceptors (Lipinski definition) is 5. The maximum absolute atomic E-state index is 12.0. The number of benzene rings is 1. The smallest absolute Gasteiger partial charge is 0.274 e.